The van der Waals surface area contributed by atoms with Gasteiger partial charge in [-0.2, -0.15) is 0 Å². The van der Waals surface area contributed by atoms with Crippen molar-refractivity contribution in [3.8, 4) is 5.75 Å². The van der Waals surface area contributed by atoms with Gasteiger partial charge in [-0.05, 0) is 38.6 Å². The molecule has 0 fully saturated rings. The summed E-state index contributed by atoms with van der Waals surface area (Å²) < 4.78 is 6.47. The topological polar surface area (TPSA) is 52.9 Å². The monoisotopic (exact) mass is 331 g/mol. The molecule has 0 spiro atoms. The molecule has 1 aromatic carbocycles. The summed E-state index contributed by atoms with van der Waals surface area (Å²) in [4.78, 5) is 1.99. The Morgan fingerprint density at radius 3 is 2.74 bits per heavy atom. The smallest absolute Gasteiger partial charge is 0.120 e. The molecule has 0 saturated carbocycles. The first-order chi connectivity index (χ1) is 8.97. The van der Waals surface area contributed by atoms with Crippen LogP contribution in [0.5, 0.6) is 5.75 Å². The zero-order chi connectivity index (χ0) is 14.3. The van der Waals surface area contributed by atoms with Gasteiger partial charge in [0.25, 0.3) is 0 Å². The fourth-order valence-corrected chi connectivity index (χ4v) is 2.04. The molecule has 0 heterocycles. The standard InChI is InChI=1S/C14H22BrNO3/c1-11(17)6-7-16(2)9-13(18)10-19-14-5-3-4-12(15)8-14/h3-5,8,11,13,17-18H,6-7,9-10H2,1-2H3. The van der Waals surface area contributed by atoms with Crippen LogP contribution >= 0.6 is 15.9 Å². The lowest BCUT2D eigenvalue weighted by Crippen LogP contribution is -2.34. The molecule has 0 aromatic heterocycles. The van der Waals surface area contributed by atoms with Gasteiger partial charge in [-0.3, -0.25) is 0 Å². The van der Waals surface area contributed by atoms with Crippen molar-refractivity contribution in [2.75, 3.05) is 26.7 Å². The average Bonchev–Trinajstić information content (AvgIpc) is 2.34. The van der Waals surface area contributed by atoms with Gasteiger partial charge in [-0.1, -0.05) is 22.0 Å². The van der Waals surface area contributed by atoms with Crippen molar-refractivity contribution < 1.29 is 14.9 Å². The summed E-state index contributed by atoms with van der Waals surface area (Å²) in [5, 5.41) is 19.1. The van der Waals surface area contributed by atoms with Gasteiger partial charge in [0.2, 0.25) is 0 Å². The lowest BCUT2D eigenvalue weighted by molar-refractivity contribution is 0.0708. The molecule has 0 radical (unpaired) electrons. The van der Waals surface area contributed by atoms with E-state index in [9.17, 15) is 10.2 Å². The zero-order valence-corrected chi connectivity index (χ0v) is 13.0. The quantitative estimate of drug-likeness (QED) is 0.763. The van der Waals surface area contributed by atoms with Crippen molar-refractivity contribution in [2.45, 2.75) is 25.6 Å². The van der Waals surface area contributed by atoms with Crippen LogP contribution in [0.25, 0.3) is 0 Å². The van der Waals surface area contributed by atoms with Crippen LogP contribution in [-0.4, -0.2) is 54.1 Å². The van der Waals surface area contributed by atoms with Gasteiger partial charge in [0.05, 0.1) is 6.10 Å². The van der Waals surface area contributed by atoms with Crippen LogP contribution in [0.1, 0.15) is 13.3 Å². The number of ether oxygens (including phenoxy) is 1. The summed E-state index contributed by atoms with van der Waals surface area (Å²) in [6.07, 6.45) is -0.147. The third-order valence-electron chi connectivity index (χ3n) is 2.69. The number of benzene rings is 1. The molecule has 4 nitrogen and oxygen atoms in total. The first-order valence-electron chi connectivity index (χ1n) is 6.40. The third kappa shape index (κ3) is 7.52. The van der Waals surface area contributed by atoms with E-state index in [1.54, 1.807) is 6.92 Å². The fourth-order valence-electron chi connectivity index (χ4n) is 1.66. The lowest BCUT2D eigenvalue weighted by Gasteiger charge is -2.21. The second-order valence-corrected chi connectivity index (χ2v) is 5.74. The summed E-state index contributed by atoms with van der Waals surface area (Å²) in [5.74, 6) is 0.736. The molecule has 0 aliphatic rings. The van der Waals surface area contributed by atoms with Gasteiger partial charge in [0, 0.05) is 17.6 Å². The summed E-state index contributed by atoms with van der Waals surface area (Å²) in [7, 11) is 1.92. The van der Waals surface area contributed by atoms with Crippen molar-refractivity contribution in [1.82, 2.24) is 4.90 Å². The first kappa shape index (κ1) is 16.4. The Labute approximate surface area is 123 Å². The van der Waals surface area contributed by atoms with Crippen LogP contribution in [0.2, 0.25) is 0 Å². The molecule has 2 unspecified atom stereocenters. The summed E-state index contributed by atoms with van der Waals surface area (Å²) in [5.41, 5.74) is 0. The highest BCUT2D eigenvalue weighted by Gasteiger charge is 2.10. The number of nitrogens with zero attached hydrogens (tertiary/aromatic N) is 1. The molecule has 0 bridgehead atoms. The highest BCUT2D eigenvalue weighted by Crippen LogP contribution is 2.17. The molecule has 19 heavy (non-hydrogen) atoms. The normalized spacial score (nSPS) is 14.4. The van der Waals surface area contributed by atoms with Gasteiger partial charge in [-0.15, -0.1) is 0 Å². The Balaban J connectivity index is 2.25. The maximum absolute atomic E-state index is 9.87. The summed E-state index contributed by atoms with van der Waals surface area (Å²) in [6.45, 7) is 3.31. The largest absolute Gasteiger partial charge is 0.491 e. The number of hydrogen-bond acceptors (Lipinski definition) is 4. The highest BCUT2D eigenvalue weighted by molar-refractivity contribution is 9.10. The van der Waals surface area contributed by atoms with Crippen molar-refractivity contribution in [3.63, 3.8) is 0 Å². The molecule has 5 heteroatoms. The Bertz CT molecular complexity index is 373. The average molecular weight is 332 g/mol. The Morgan fingerprint density at radius 2 is 2.11 bits per heavy atom. The Morgan fingerprint density at radius 1 is 1.37 bits per heavy atom. The molecule has 0 aliphatic carbocycles. The van der Waals surface area contributed by atoms with Gasteiger partial charge in [0.1, 0.15) is 18.5 Å². The van der Waals surface area contributed by atoms with Gasteiger partial charge in [0.15, 0.2) is 0 Å². The van der Waals surface area contributed by atoms with Crippen molar-refractivity contribution >= 4 is 15.9 Å². The van der Waals surface area contributed by atoms with Crippen LogP contribution in [0.15, 0.2) is 28.7 Å². The number of aliphatic hydroxyl groups is 2. The van der Waals surface area contributed by atoms with E-state index in [1.165, 1.54) is 0 Å². The molecule has 1 rings (SSSR count). The van der Waals surface area contributed by atoms with Crippen LogP contribution in [0.4, 0.5) is 0 Å². The van der Waals surface area contributed by atoms with E-state index in [-0.39, 0.29) is 12.7 Å². The van der Waals surface area contributed by atoms with E-state index in [0.717, 1.165) is 16.8 Å². The predicted molar refractivity (Wildman–Crippen MR) is 79.4 cm³/mol. The number of likely N-dealkylation sites (N-methyl/N-ethyl adjacent to an activating group) is 1. The Kier molecular flexibility index (Phi) is 7.38. The van der Waals surface area contributed by atoms with Gasteiger partial charge < -0.3 is 19.8 Å². The zero-order valence-electron chi connectivity index (χ0n) is 11.4. The molecule has 0 saturated heterocycles. The van der Waals surface area contributed by atoms with Gasteiger partial charge in [-0.25, -0.2) is 0 Å². The number of rotatable bonds is 8. The minimum Gasteiger partial charge on any atom is -0.491 e. The fraction of sp³-hybridized carbons (Fsp3) is 0.571. The van der Waals surface area contributed by atoms with Gasteiger partial charge >= 0.3 is 0 Å². The van der Waals surface area contributed by atoms with Crippen LogP contribution in [-0.2, 0) is 0 Å². The maximum atomic E-state index is 9.87. The summed E-state index contributed by atoms with van der Waals surface area (Å²) >= 11 is 3.37. The maximum Gasteiger partial charge on any atom is 0.120 e. The second-order valence-electron chi connectivity index (χ2n) is 4.82. The minimum absolute atomic E-state index is 0.259. The van der Waals surface area contributed by atoms with E-state index >= 15 is 0 Å². The molecular formula is C14H22BrNO3. The van der Waals surface area contributed by atoms with E-state index in [4.69, 9.17) is 4.74 Å². The van der Waals surface area contributed by atoms with Crippen molar-refractivity contribution in [1.29, 1.82) is 0 Å². The van der Waals surface area contributed by atoms with E-state index < -0.39 is 6.10 Å². The van der Waals surface area contributed by atoms with E-state index in [1.807, 2.05) is 36.2 Å². The lowest BCUT2D eigenvalue weighted by atomic mass is 10.2. The third-order valence-corrected chi connectivity index (χ3v) is 3.18. The molecular weight excluding hydrogens is 310 g/mol. The molecule has 0 amide bonds. The Hall–Kier alpha value is -0.620. The predicted octanol–water partition coefficient (Wildman–Crippen LogP) is 1.89. The highest BCUT2D eigenvalue weighted by atomic mass is 79.9. The number of halogens is 1. The van der Waals surface area contributed by atoms with E-state index in [0.29, 0.717) is 13.0 Å². The van der Waals surface area contributed by atoms with Crippen LogP contribution < -0.4 is 4.74 Å². The van der Waals surface area contributed by atoms with Crippen molar-refractivity contribution in [2.24, 2.45) is 0 Å². The summed E-state index contributed by atoms with van der Waals surface area (Å²) in [6, 6.07) is 7.53. The van der Waals surface area contributed by atoms with Crippen molar-refractivity contribution in [3.05, 3.63) is 28.7 Å². The van der Waals surface area contributed by atoms with E-state index in [2.05, 4.69) is 15.9 Å². The number of hydrogen-bond donors (Lipinski definition) is 2. The molecule has 108 valence electrons. The minimum atomic E-state index is -0.544. The molecule has 1 aromatic rings. The van der Waals surface area contributed by atoms with Crippen LogP contribution in [0, 0.1) is 0 Å². The molecule has 0 aliphatic heterocycles. The first-order valence-corrected chi connectivity index (χ1v) is 7.19. The van der Waals surface area contributed by atoms with Crippen LogP contribution in [0.3, 0.4) is 0 Å². The molecule has 2 atom stereocenters. The SMILES string of the molecule is CC(O)CCN(C)CC(O)COc1cccc(Br)c1. The second kappa shape index (κ2) is 8.53. The number of aliphatic hydroxyl groups excluding tert-OH is 2. The molecule has 2 N–H and O–H groups in total.